The van der Waals surface area contributed by atoms with E-state index in [0.717, 1.165) is 0 Å². The molecule has 0 fully saturated rings. The number of hydrogen-bond donors (Lipinski definition) is 2. The second-order valence-corrected chi connectivity index (χ2v) is 4.13. The van der Waals surface area contributed by atoms with Crippen LogP contribution in [0.3, 0.4) is 0 Å². The quantitative estimate of drug-likeness (QED) is 0.343. The van der Waals surface area contributed by atoms with Crippen molar-refractivity contribution in [2.24, 2.45) is 11.6 Å². The van der Waals surface area contributed by atoms with Crippen LogP contribution < -0.4 is 16.3 Å². The SMILES string of the molecule is N#Cc1ccc(CN)c(OC(=O)C2C=CCN2N)c1. The average Bonchev–Trinajstić information content (AvgIpc) is 2.85. The van der Waals surface area contributed by atoms with Crippen molar-refractivity contribution in [3.05, 3.63) is 41.5 Å². The molecule has 1 aliphatic rings. The molecular formula is C13H14N4O2. The summed E-state index contributed by atoms with van der Waals surface area (Å²) in [7, 11) is 0. The summed E-state index contributed by atoms with van der Waals surface area (Å²) in [6.45, 7) is 0.725. The topological polar surface area (TPSA) is 105 Å². The number of carbonyl (C=O) groups excluding carboxylic acids is 1. The number of rotatable bonds is 3. The zero-order chi connectivity index (χ0) is 13.8. The second kappa shape index (κ2) is 5.63. The highest BCUT2D eigenvalue weighted by atomic mass is 16.5. The van der Waals surface area contributed by atoms with Gasteiger partial charge in [-0.2, -0.15) is 5.26 Å². The lowest BCUT2D eigenvalue weighted by Gasteiger charge is -2.18. The van der Waals surface area contributed by atoms with Gasteiger partial charge in [-0.1, -0.05) is 18.2 Å². The Kier molecular flexibility index (Phi) is 3.92. The number of nitrogens with zero attached hydrogens (tertiary/aromatic N) is 2. The van der Waals surface area contributed by atoms with Crippen molar-refractivity contribution >= 4 is 5.97 Å². The molecule has 1 heterocycles. The predicted octanol–water partition coefficient (Wildman–Crippen LogP) is 0.0365. The minimum atomic E-state index is -0.601. The van der Waals surface area contributed by atoms with E-state index in [-0.39, 0.29) is 6.54 Å². The Morgan fingerprint density at radius 1 is 1.58 bits per heavy atom. The number of benzene rings is 1. The molecule has 98 valence electrons. The Hall–Kier alpha value is -2.20. The summed E-state index contributed by atoms with van der Waals surface area (Å²) in [5.74, 6) is 5.47. The lowest BCUT2D eigenvalue weighted by molar-refractivity contribution is -0.138. The second-order valence-electron chi connectivity index (χ2n) is 4.13. The summed E-state index contributed by atoms with van der Waals surface area (Å²) in [5, 5.41) is 10.2. The summed E-state index contributed by atoms with van der Waals surface area (Å²) >= 11 is 0. The van der Waals surface area contributed by atoms with Gasteiger partial charge in [0, 0.05) is 18.7 Å². The van der Waals surface area contributed by atoms with Crippen molar-refractivity contribution in [3.8, 4) is 11.8 Å². The number of nitrogens with two attached hydrogens (primary N) is 2. The molecule has 0 amide bonds. The Morgan fingerprint density at radius 3 is 2.95 bits per heavy atom. The van der Waals surface area contributed by atoms with E-state index in [1.165, 1.54) is 11.1 Å². The van der Waals surface area contributed by atoms with Gasteiger partial charge in [-0.05, 0) is 12.1 Å². The molecule has 19 heavy (non-hydrogen) atoms. The van der Waals surface area contributed by atoms with Crippen molar-refractivity contribution in [1.29, 1.82) is 5.26 Å². The van der Waals surface area contributed by atoms with Crippen LogP contribution in [0.4, 0.5) is 0 Å². The summed E-state index contributed by atoms with van der Waals surface area (Å²) in [5.41, 5.74) is 6.65. The normalized spacial score (nSPS) is 18.3. The van der Waals surface area contributed by atoms with Gasteiger partial charge in [-0.15, -0.1) is 0 Å². The van der Waals surface area contributed by atoms with E-state index in [0.29, 0.717) is 23.4 Å². The van der Waals surface area contributed by atoms with Crippen molar-refractivity contribution in [2.75, 3.05) is 6.54 Å². The minimum absolute atomic E-state index is 0.223. The van der Waals surface area contributed by atoms with E-state index in [1.54, 1.807) is 24.3 Å². The third-order valence-corrected chi connectivity index (χ3v) is 2.86. The molecule has 6 heteroatoms. The maximum atomic E-state index is 12.0. The molecule has 1 aromatic rings. The number of hydrazine groups is 1. The molecule has 0 saturated carbocycles. The predicted molar refractivity (Wildman–Crippen MR) is 68.5 cm³/mol. The molecule has 6 nitrogen and oxygen atoms in total. The van der Waals surface area contributed by atoms with Gasteiger partial charge in [0.05, 0.1) is 11.6 Å². The first-order valence-electron chi connectivity index (χ1n) is 5.78. The lowest BCUT2D eigenvalue weighted by atomic mass is 10.1. The molecule has 0 spiro atoms. The molecule has 0 aromatic heterocycles. The van der Waals surface area contributed by atoms with Gasteiger partial charge in [0.15, 0.2) is 0 Å². The van der Waals surface area contributed by atoms with E-state index in [9.17, 15) is 4.79 Å². The van der Waals surface area contributed by atoms with Crippen LogP contribution in [0.2, 0.25) is 0 Å². The molecule has 1 atom stereocenters. The Morgan fingerprint density at radius 2 is 2.37 bits per heavy atom. The van der Waals surface area contributed by atoms with Gasteiger partial charge in [0.1, 0.15) is 11.8 Å². The van der Waals surface area contributed by atoms with Gasteiger partial charge < -0.3 is 10.5 Å². The van der Waals surface area contributed by atoms with E-state index in [4.69, 9.17) is 21.6 Å². The molecule has 1 unspecified atom stereocenters. The maximum Gasteiger partial charge on any atom is 0.334 e. The first-order chi connectivity index (χ1) is 9.15. The summed E-state index contributed by atoms with van der Waals surface area (Å²) in [6, 6.07) is 6.19. The average molecular weight is 258 g/mol. The van der Waals surface area contributed by atoms with Gasteiger partial charge in [0.25, 0.3) is 0 Å². The Bertz CT molecular complexity index is 562. The summed E-state index contributed by atoms with van der Waals surface area (Å²) < 4.78 is 5.29. The Labute approximate surface area is 110 Å². The van der Waals surface area contributed by atoms with Crippen LogP contribution in [0.1, 0.15) is 11.1 Å². The number of esters is 1. The largest absolute Gasteiger partial charge is 0.425 e. The number of carbonyl (C=O) groups is 1. The number of nitriles is 1. The number of hydrogen-bond acceptors (Lipinski definition) is 6. The molecule has 0 saturated heterocycles. The smallest absolute Gasteiger partial charge is 0.334 e. The maximum absolute atomic E-state index is 12.0. The minimum Gasteiger partial charge on any atom is -0.425 e. The van der Waals surface area contributed by atoms with Crippen LogP contribution in [0.25, 0.3) is 0 Å². The molecule has 0 radical (unpaired) electrons. The molecular weight excluding hydrogens is 244 g/mol. The lowest BCUT2D eigenvalue weighted by Crippen LogP contribution is -2.43. The highest BCUT2D eigenvalue weighted by Gasteiger charge is 2.26. The molecule has 4 N–H and O–H groups in total. The van der Waals surface area contributed by atoms with Crippen molar-refractivity contribution < 1.29 is 9.53 Å². The van der Waals surface area contributed by atoms with E-state index in [1.807, 2.05) is 6.07 Å². The van der Waals surface area contributed by atoms with Crippen LogP contribution in [0, 0.1) is 11.3 Å². The van der Waals surface area contributed by atoms with Crippen LogP contribution in [-0.4, -0.2) is 23.6 Å². The zero-order valence-corrected chi connectivity index (χ0v) is 10.2. The first-order valence-corrected chi connectivity index (χ1v) is 5.78. The molecule has 0 aliphatic carbocycles. The highest BCUT2D eigenvalue weighted by molar-refractivity contribution is 5.81. The molecule has 1 aromatic carbocycles. The van der Waals surface area contributed by atoms with Crippen molar-refractivity contribution in [2.45, 2.75) is 12.6 Å². The molecule has 0 bridgehead atoms. The fourth-order valence-corrected chi connectivity index (χ4v) is 1.81. The highest BCUT2D eigenvalue weighted by Crippen LogP contribution is 2.21. The van der Waals surface area contributed by atoms with Gasteiger partial charge >= 0.3 is 5.97 Å². The standard InChI is InChI=1S/C13H14N4O2/c14-7-9-3-4-10(8-15)12(6-9)19-13(18)11-2-1-5-17(11)16/h1-4,6,11H,5,8,15-16H2. The van der Waals surface area contributed by atoms with E-state index >= 15 is 0 Å². The Balaban J connectivity index is 2.20. The fraction of sp³-hybridized carbons (Fsp3) is 0.231. The van der Waals surface area contributed by atoms with Crippen molar-refractivity contribution in [3.63, 3.8) is 0 Å². The number of ether oxygens (including phenoxy) is 1. The van der Waals surface area contributed by atoms with Crippen LogP contribution in [-0.2, 0) is 11.3 Å². The van der Waals surface area contributed by atoms with Gasteiger partial charge in [0.2, 0.25) is 0 Å². The van der Waals surface area contributed by atoms with Crippen LogP contribution in [0.5, 0.6) is 5.75 Å². The van der Waals surface area contributed by atoms with Crippen LogP contribution in [0.15, 0.2) is 30.4 Å². The summed E-state index contributed by atoms with van der Waals surface area (Å²) in [6.07, 6.45) is 3.47. The zero-order valence-electron chi connectivity index (χ0n) is 10.2. The molecule has 1 aliphatic heterocycles. The fourth-order valence-electron chi connectivity index (χ4n) is 1.81. The molecule has 2 rings (SSSR count). The van der Waals surface area contributed by atoms with E-state index in [2.05, 4.69) is 0 Å². The van der Waals surface area contributed by atoms with Gasteiger partial charge in [-0.3, -0.25) is 5.84 Å². The third kappa shape index (κ3) is 2.80. The van der Waals surface area contributed by atoms with Gasteiger partial charge in [-0.25, -0.2) is 9.80 Å². The summed E-state index contributed by atoms with van der Waals surface area (Å²) in [4.78, 5) is 12.0. The third-order valence-electron chi connectivity index (χ3n) is 2.86. The monoisotopic (exact) mass is 258 g/mol. The van der Waals surface area contributed by atoms with Crippen LogP contribution >= 0.6 is 0 Å². The van der Waals surface area contributed by atoms with E-state index < -0.39 is 12.0 Å². The first kappa shape index (κ1) is 13.2. The van der Waals surface area contributed by atoms with Crippen molar-refractivity contribution in [1.82, 2.24) is 5.01 Å².